The molecular formula is C10H11BrFNO2. The van der Waals surface area contributed by atoms with Crippen LogP contribution in [-0.4, -0.2) is 19.6 Å². The molecule has 0 aliphatic carbocycles. The zero-order valence-electron chi connectivity index (χ0n) is 8.43. The molecule has 1 rings (SSSR count). The van der Waals surface area contributed by atoms with E-state index in [1.54, 1.807) is 13.0 Å². The molecule has 0 saturated carbocycles. The summed E-state index contributed by atoms with van der Waals surface area (Å²) < 4.78 is 18.2. The maximum absolute atomic E-state index is 13.2. The molecule has 82 valence electrons. The summed E-state index contributed by atoms with van der Waals surface area (Å²) in [6.07, 6.45) is 0. The van der Waals surface area contributed by atoms with Crippen molar-refractivity contribution in [2.45, 2.75) is 6.92 Å². The third kappa shape index (κ3) is 3.28. The summed E-state index contributed by atoms with van der Waals surface area (Å²) >= 11 is 3.06. The number of anilines is 1. The van der Waals surface area contributed by atoms with E-state index in [1.807, 2.05) is 0 Å². The van der Waals surface area contributed by atoms with Gasteiger partial charge in [0.25, 0.3) is 0 Å². The Kier molecular flexibility index (Phi) is 4.23. The van der Waals surface area contributed by atoms with Gasteiger partial charge in [-0.05, 0) is 40.5 Å². The number of hydrogen-bond acceptors (Lipinski definition) is 2. The van der Waals surface area contributed by atoms with E-state index in [1.165, 1.54) is 13.2 Å². The van der Waals surface area contributed by atoms with Gasteiger partial charge in [0.1, 0.15) is 12.4 Å². The highest BCUT2D eigenvalue weighted by Gasteiger charge is 2.08. The molecule has 1 aromatic rings. The van der Waals surface area contributed by atoms with Crippen LogP contribution in [-0.2, 0) is 9.53 Å². The Labute approximate surface area is 95.7 Å². The average molecular weight is 276 g/mol. The van der Waals surface area contributed by atoms with Crippen LogP contribution in [0.5, 0.6) is 0 Å². The number of ether oxygens (including phenoxy) is 1. The summed E-state index contributed by atoms with van der Waals surface area (Å²) in [6.45, 7) is 1.74. The monoisotopic (exact) mass is 275 g/mol. The zero-order chi connectivity index (χ0) is 11.4. The van der Waals surface area contributed by atoms with Crippen molar-refractivity contribution in [3.8, 4) is 0 Å². The van der Waals surface area contributed by atoms with E-state index in [0.717, 1.165) is 5.56 Å². The highest BCUT2D eigenvalue weighted by Crippen LogP contribution is 2.23. The van der Waals surface area contributed by atoms with Gasteiger partial charge in [-0.2, -0.15) is 0 Å². The van der Waals surface area contributed by atoms with E-state index in [0.29, 0.717) is 10.2 Å². The summed E-state index contributed by atoms with van der Waals surface area (Å²) in [5, 5.41) is 2.55. The van der Waals surface area contributed by atoms with E-state index >= 15 is 0 Å². The molecule has 1 aromatic carbocycles. The fourth-order valence-electron chi connectivity index (χ4n) is 1.10. The summed E-state index contributed by atoms with van der Waals surface area (Å²) in [5.74, 6) is -0.712. The molecule has 0 fully saturated rings. The molecule has 0 heterocycles. The molecule has 1 N–H and O–H groups in total. The zero-order valence-corrected chi connectivity index (χ0v) is 10.0. The van der Waals surface area contributed by atoms with Crippen molar-refractivity contribution in [1.82, 2.24) is 0 Å². The second-order valence-corrected chi connectivity index (χ2v) is 3.92. The Morgan fingerprint density at radius 2 is 2.27 bits per heavy atom. The minimum Gasteiger partial charge on any atom is -0.375 e. The number of carbonyl (C=O) groups is 1. The predicted molar refractivity (Wildman–Crippen MR) is 59.3 cm³/mol. The number of carbonyl (C=O) groups excluding carboxylic acids is 1. The van der Waals surface area contributed by atoms with E-state index < -0.39 is 5.82 Å². The van der Waals surface area contributed by atoms with E-state index in [-0.39, 0.29) is 12.5 Å². The number of methoxy groups -OCH3 is 1. The molecule has 0 unspecified atom stereocenters. The second kappa shape index (κ2) is 5.23. The van der Waals surface area contributed by atoms with Crippen molar-refractivity contribution in [2.75, 3.05) is 19.0 Å². The van der Waals surface area contributed by atoms with Gasteiger partial charge in [0.05, 0.1) is 4.47 Å². The number of hydrogen-bond donors (Lipinski definition) is 1. The largest absolute Gasteiger partial charge is 0.375 e. The molecule has 15 heavy (non-hydrogen) atoms. The van der Waals surface area contributed by atoms with Crippen LogP contribution in [0, 0.1) is 12.7 Å². The van der Waals surface area contributed by atoms with Crippen LogP contribution in [0.4, 0.5) is 10.1 Å². The molecule has 0 aliphatic rings. The molecule has 0 radical (unpaired) electrons. The first-order valence-corrected chi connectivity index (χ1v) is 5.08. The number of rotatable bonds is 3. The number of halogens is 2. The highest BCUT2D eigenvalue weighted by molar-refractivity contribution is 9.10. The van der Waals surface area contributed by atoms with Gasteiger partial charge in [0, 0.05) is 12.8 Å². The molecule has 0 aliphatic heterocycles. The third-order valence-corrected chi connectivity index (χ3v) is 2.42. The molecule has 0 atom stereocenters. The summed E-state index contributed by atoms with van der Waals surface area (Å²) in [6, 6.07) is 2.88. The lowest BCUT2D eigenvalue weighted by molar-refractivity contribution is -0.119. The van der Waals surface area contributed by atoms with Gasteiger partial charge >= 0.3 is 0 Å². The summed E-state index contributed by atoms with van der Waals surface area (Å²) in [7, 11) is 1.43. The number of nitrogens with one attached hydrogen (secondary N) is 1. The first kappa shape index (κ1) is 12.1. The van der Waals surface area contributed by atoms with Gasteiger partial charge in [-0.15, -0.1) is 0 Å². The average Bonchev–Trinajstić information content (AvgIpc) is 2.14. The Balaban J connectivity index is 2.86. The molecule has 0 spiro atoms. The third-order valence-electron chi connectivity index (χ3n) is 1.82. The van der Waals surface area contributed by atoms with Gasteiger partial charge in [0.2, 0.25) is 5.91 Å². The molecule has 0 aromatic heterocycles. The summed E-state index contributed by atoms with van der Waals surface area (Å²) in [4.78, 5) is 11.2. The molecule has 5 heteroatoms. The van der Waals surface area contributed by atoms with Crippen molar-refractivity contribution in [3.05, 3.63) is 28.0 Å². The van der Waals surface area contributed by atoms with Crippen LogP contribution in [0.15, 0.2) is 16.6 Å². The Morgan fingerprint density at radius 1 is 1.60 bits per heavy atom. The lowest BCUT2D eigenvalue weighted by atomic mass is 10.2. The van der Waals surface area contributed by atoms with Crippen molar-refractivity contribution in [2.24, 2.45) is 0 Å². The lowest BCUT2D eigenvalue weighted by Crippen LogP contribution is -2.17. The van der Waals surface area contributed by atoms with E-state index in [4.69, 9.17) is 0 Å². The number of amides is 1. The van der Waals surface area contributed by atoms with Crippen molar-refractivity contribution < 1.29 is 13.9 Å². The summed E-state index contributed by atoms with van der Waals surface area (Å²) in [5.41, 5.74) is 1.24. The van der Waals surface area contributed by atoms with Gasteiger partial charge in [0.15, 0.2) is 0 Å². The van der Waals surface area contributed by atoms with Crippen LogP contribution in [0.1, 0.15) is 5.56 Å². The van der Waals surface area contributed by atoms with Gasteiger partial charge in [-0.3, -0.25) is 4.79 Å². The lowest BCUT2D eigenvalue weighted by Gasteiger charge is -2.08. The first-order valence-electron chi connectivity index (χ1n) is 4.29. The molecule has 0 saturated heterocycles. The quantitative estimate of drug-likeness (QED) is 0.921. The fourth-order valence-corrected chi connectivity index (χ4v) is 1.56. The molecular weight excluding hydrogens is 265 g/mol. The van der Waals surface area contributed by atoms with Gasteiger partial charge in [-0.1, -0.05) is 0 Å². The molecule has 0 bridgehead atoms. The second-order valence-electron chi connectivity index (χ2n) is 3.06. The number of benzene rings is 1. The van der Waals surface area contributed by atoms with Crippen LogP contribution in [0.3, 0.4) is 0 Å². The van der Waals surface area contributed by atoms with Crippen molar-refractivity contribution in [3.63, 3.8) is 0 Å². The SMILES string of the molecule is COCC(=O)Nc1cc(F)c(Br)cc1C. The van der Waals surface area contributed by atoms with Crippen LogP contribution in [0.2, 0.25) is 0 Å². The van der Waals surface area contributed by atoms with Gasteiger partial charge < -0.3 is 10.1 Å². The Bertz CT molecular complexity index is 382. The van der Waals surface area contributed by atoms with E-state index in [2.05, 4.69) is 26.0 Å². The minimum atomic E-state index is -0.409. The Morgan fingerprint density at radius 3 is 2.87 bits per heavy atom. The number of aryl methyl sites for hydroxylation is 1. The van der Waals surface area contributed by atoms with Crippen LogP contribution < -0.4 is 5.32 Å². The normalized spacial score (nSPS) is 10.1. The molecule has 1 amide bonds. The van der Waals surface area contributed by atoms with Crippen LogP contribution in [0.25, 0.3) is 0 Å². The van der Waals surface area contributed by atoms with Gasteiger partial charge in [-0.25, -0.2) is 4.39 Å². The maximum atomic E-state index is 13.2. The van der Waals surface area contributed by atoms with Crippen molar-refractivity contribution in [1.29, 1.82) is 0 Å². The van der Waals surface area contributed by atoms with Crippen molar-refractivity contribution >= 4 is 27.5 Å². The molecule has 3 nitrogen and oxygen atoms in total. The van der Waals surface area contributed by atoms with E-state index in [9.17, 15) is 9.18 Å². The smallest absolute Gasteiger partial charge is 0.250 e. The fraction of sp³-hybridized carbons (Fsp3) is 0.300. The Hall–Kier alpha value is -0.940. The first-order chi connectivity index (χ1) is 7.04. The predicted octanol–water partition coefficient (Wildman–Crippen LogP) is 2.48. The maximum Gasteiger partial charge on any atom is 0.250 e. The standard InChI is InChI=1S/C10H11BrFNO2/c1-6-3-7(11)8(12)4-9(6)13-10(14)5-15-2/h3-4H,5H2,1-2H3,(H,13,14). The highest BCUT2D eigenvalue weighted by atomic mass is 79.9. The topological polar surface area (TPSA) is 38.3 Å². The minimum absolute atomic E-state index is 0.0445. The van der Waals surface area contributed by atoms with Crippen LogP contribution >= 0.6 is 15.9 Å².